The zero-order valence-corrected chi connectivity index (χ0v) is 20.6. The van der Waals surface area contributed by atoms with Gasteiger partial charge < -0.3 is 15.3 Å². The molecule has 1 aromatic rings. The Labute approximate surface area is 201 Å². The van der Waals surface area contributed by atoms with Crippen LogP contribution in [0, 0.1) is 24.7 Å². The highest BCUT2D eigenvalue weighted by Gasteiger charge is 2.32. The molecule has 3 rings (SSSR count). The molecule has 1 heterocycles. The highest BCUT2D eigenvalue weighted by atomic mass is 32.2. The second-order valence-corrected chi connectivity index (χ2v) is 11.3. The highest BCUT2D eigenvalue weighted by Crippen LogP contribution is 2.28. The van der Waals surface area contributed by atoms with Crippen LogP contribution in [0.4, 0.5) is 0 Å². The molecule has 10 heteroatoms. The fourth-order valence-corrected chi connectivity index (χ4v) is 5.90. The number of piperidine rings is 1. The van der Waals surface area contributed by atoms with Crippen molar-refractivity contribution in [3.8, 4) is 0 Å². The number of nitrogens with one attached hydrogen (secondary N) is 2. The van der Waals surface area contributed by atoms with E-state index in [2.05, 4.69) is 10.0 Å². The van der Waals surface area contributed by atoms with E-state index in [0.717, 1.165) is 18.4 Å². The second kappa shape index (κ2) is 11.3. The molecular weight excluding hydrogens is 458 g/mol. The van der Waals surface area contributed by atoms with E-state index in [-0.39, 0.29) is 28.5 Å². The molecule has 1 aromatic carbocycles. The monoisotopic (exact) mass is 493 g/mol. The third-order valence-corrected chi connectivity index (χ3v) is 8.53. The van der Waals surface area contributed by atoms with Gasteiger partial charge in [0.1, 0.15) is 0 Å². The van der Waals surface area contributed by atoms with E-state index < -0.39 is 22.0 Å². The molecule has 0 spiro atoms. The number of aryl methyl sites for hydroxylation is 1. The van der Waals surface area contributed by atoms with Crippen LogP contribution >= 0.6 is 0 Å². The third-order valence-electron chi connectivity index (χ3n) is 6.97. The van der Waals surface area contributed by atoms with Crippen molar-refractivity contribution in [1.29, 1.82) is 0 Å². The lowest BCUT2D eigenvalue weighted by molar-refractivity contribution is -0.143. The summed E-state index contributed by atoms with van der Waals surface area (Å²) in [5, 5.41) is 12.1. The Hall–Kier alpha value is -2.46. The van der Waals surface area contributed by atoms with Gasteiger partial charge in [-0.05, 0) is 70.4 Å². The number of carbonyl (C=O) groups is 3. The van der Waals surface area contributed by atoms with E-state index >= 15 is 0 Å². The van der Waals surface area contributed by atoms with Crippen LogP contribution in [0.2, 0.25) is 0 Å². The fraction of sp³-hybridized carbons (Fsp3) is 0.625. The lowest BCUT2D eigenvalue weighted by Gasteiger charge is -2.33. The molecule has 0 aromatic heterocycles. The molecule has 1 aliphatic heterocycles. The molecule has 1 saturated heterocycles. The Kier molecular flexibility index (Phi) is 8.70. The number of benzene rings is 1. The summed E-state index contributed by atoms with van der Waals surface area (Å²) in [6.07, 6.45) is 3.98. The van der Waals surface area contributed by atoms with Gasteiger partial charge in [0.15, 0.2) is 0 Å². The first-order valence-electron chi connectivity index (χ1n) is 11.9. The largest absolute Gasteiger partial charge is 0.481 e. The molecule has 188 valence electrons. The smallest absolute Gasteiger partial charge is 0.306 e. The van der Waals surface area contributed by atoms with Crippen LogP contribution in [-0.4, -0.2) is 61.9 Å². The van der Waals surface area contributed by atoms with Crippen LogP contribution in [0.15, 0.2) is 29.2 Å². The van der Waals surface area contributed by atoms with Crippen molar-refractivity contribution in [3.63, 3.8) is 0 Å². The lowest BCUT2D eigenvalue weighted by Crippen LogP contribution is -2.50. The van der Waals surface area contributed by atoms with Crippen LogP contribution in [0.5, 0.6) is 0 Å². The minimum Gasteiger partial charge on any atom is -0.481 e. The van der Waals surface area contributed by atoms with Gasteiger partial charge in [-0.3, -0.25) is 14.4 Å². The standard InChI is InChI=1S/C24H35N3O6S/c1-16-3-9-21(10-4-16)34(32,33)26-17(2)23(29)27-13-11-19(12-14-27)22(28)25-15-18-5-7-20(8-6-18)24(30)31/h3-4,9-10,17-20,26H,5-8,11-15H2,1-2H3,(H,25,28)(H,30,31). The summed E-state index contributed by atoms with van der Waals surface area (Å²) in [6.45, 7) is 4.76. The van der Waals surface area contributed by atoms with Gasteiger partial charge in [-0.15, -0.1) is 0 Å². The number of carboxylic acids is 1. The maximum atomic E-state index is 12.8. The van der Waals surface area contributed by atoms with E-state index in [0.29, 0.717) is 51.2 Å². The van der Waals surface area contributed by atoms with Crippen LogP contribution in [0.1, 0.15) is 51.0 Å². The maximum absolute atomic E-state index is 12.8. The van der Waals surface area contributed by atoms with E-state index in [1.807, 2.05) is 6.92 Å². The van der Waals surface area contributed by atoms with Crippen LogP contribution in [0.3, 0.4) is 0 Å². The van der Waals surface area contributed by atoms with E-state index in [1.54, 1.807) is 17.0 Å². The second-order valence-electron chi connectivity index (χ2n) is 9.56. The number of hydrogen-bond acceptors (Lipinski definition) is 5. The molecule has 34 heavy (non-hydrogen) atoms. The summed E-state index contributed by atoms with van der Waals surface area (Å²) in [6, 6.07) is 5.53. The van der Waals surface area contributed by atoms with Gasteiger partial charge in [0.05, 0.1) is 16.9 Å². The van der Waals surface area contributed by atoms with Crippen molar-refractivity contribution in [2.24, 2.45) is 17.8 Å². The summed E-state index contributed by atoms with van der Waals surface area (Å²) < 4.78 is 27.6. The van der Waals surface area contributed by atoms with Gasteiger partial charge in [-0.25, -0.2) is 8.42 Å². The van der Waals surface area contributed by atoms with Gasteiger partial charge in [-0.2, -0.15) is 4.72 Å². The summed E-state index contributed by atoms with van der Waals surface area (Å²) >= 11 is 0. The Balaban J connectivity index is 1.42. The SMILES string of the molecule is Cc1ccc(S(=O)(=O)NC(C)C(=O)N2CCC(C(=O)NCC3CCC(C(=O)O)CC3)CC2)cc1. The topological polar surface area (TPSA) is 133 Å². The van der Waals surface area contributed by atoms with Crippen molar-refractivity contribution in [2.45, 2.75) is 63.3 Å². The number of sulfonamides is 1. The molecule has 0 radical (unpaired) electrons. The Morgan fingerprint density at radius 3 is 2.15 bits per heavy atom. The Morgan fingerprint density at radius 1 is 1.00 bits per heavy atom. The normalized spacial score (nSPS) is 22.7. The van der Waals surface area contributed by atoms with Crippen LogP contribution < -0.4 is 10.0 Å². The van der Waals surface area contributed by atoms with E-state index in [9.17, 15) is 22.8 Å². The lowest BCUT2D eigenvalue weighted by atomic mass is 9.82. The Morgan fingerprint density at radius 2 is 1.59 bits per heavy atom. The minimum absolute atomic E-state index is 0.0272. The van der Waals surface area contributed by atoms with Gasteiger partial charge in [0.25, 0.3) is 0 Å². The van der Waals surface area contributed by atoms with Gasteiger partial charge in [0.2, 0.25) is 21.8 Å². The zero-order valence-electron chi connectivity index (χ0n) is 19.8. The van der Waals surface area contributed by atoms with Crippen LogP contribution in [0.25, 0.3) is 0 Å². The van der Waals surface area contributed by atoms with Crippen LogP contribution in [-0.2, 0) is 24.4 Å². The van der Waals surface area contributed by atoms with E-state index in [4.69, 9.17) is 5.11 Å². The quantitative estimate of drug-likeness (QED) is 0.507. The molecule has 3 N–H and O–H groups in total. The molecule has 1 atom stereocenters. The predicted molar refractivity (Wildman–Crippen MR) is 126 cm³/mol. The summed E-state index contributed by atoms with van der Waals surface area (Å²) in [5.74, 6) is -1.20. The number of rotatable bonds is 8. The molecule has 1 aliphatic carbocycles. The molecule has 9 nitrogen and oxygen atoms in total. The highest BCUT2D eigenvalue weighted by molar-refractivity contribution is 7.89. The van der Waals surface area contributed by atoms with Gasteiger partial charge in [-0.1, -0.05) is 17.7 Å². The average Bonchev–Trinajstić information content (AvgIpc) is 2.82. The van der Waals surface area contributed by atoms with Crippen molar-refractivity contribution < 1.29 is 27.9 Å². The molecule has 0 bridgehead atoms. The van der Waals surface area contributed by atoms with Gasteiger partial charge >= 0.3 is 5.97 Å². The third kappa shape index (κ3) is 6.79. The van der Waals surface area contributed by atoms with Crippen molar-refractivity contribution in [1.82, 2.24) is 14.9 Å². The van der Waals surface area contributed by atoms with Crippen molar-refractivity contribution >= 4 is 27.8 Å². The number of carbonyl (C=O) groups excluding carboxylic acids is 2. The number of amides is 2. The average molecular weight is 494 g/mol. The van der Waals surface area contributed by atoms with Crippen molar-refractivity contribution in [3.05, 3.63) is 29.8 Å². The fourth-order valence-electron chi connectivity index (χ4n) is 4.71. The first-order chi connectivity index (χ1) is 16.1. The summed E-state index contributed by atoms with van der Waals surface area (Å²) in [7, 11) is -3.80. The minimum atomic E-state index is -3.80. The zero-order chi connectivity index (χ0) is 24.9. The Bertz CT molecular complexity index is 978. The summed E-state index contributed by atoms with van der Waals surface area (Å²) in [5.41, 5.74) is 0.945. The molecule has 2 aliphatic rings. The first-order valence-corrected chi connectivity index (χ1v) is 13.4. The van der Waals surface area contributed by atoms with E-state index in [1.165, 1.54) is 19.1 Å². The molecule has 2 fully saturated rings. The number of aliphatic carboxylic acids is 1. The predicted octanol–water partition coefficient (Wildman–Crippen LogP) is 1.91. The first kappa shape index (κ1) is 26.2. The molecule has 2 amide bonds. The summed E-state index contributed by atoms with van der Waals surface area (Å²) in [4.78, 5) is 38.2. The van der Waals surface area contributed by atoms with Crippen molar-refractivity contribution in [2.75, 3.05) is 19.6 Å². The number of likely N-dealkylation sites (tertiary alicyclic amines) is 1. The maximum Gasteiger partial charge on any atom is 0.306 e. The molecular formula is C24H35N3O6S. The molecule has 1 saturated carbocycles. The number of carboxylic acid groups (broad SMARTS) is 1. The number of nitrogens with zero attached hydrogens (tertiary/aromatic N) is 1. The molecule has 1 unspecified atom stereocenters. The van der Waals surface area contributed by atoms with Gasteiger partial charge in [0, 0.05) is 25.6 Å². The number of hydrogen-bond donors (Lipinski definition) is 3.